The average molecular weight is 545 g/mol. The molecule has 4 aliphatic carbocycles. The quantitative estimate of drug-likeness (QED) is 0.402. The minimum absolute atomic E-state index is 0.00657. The lowest BCUT2D eigenvalue weighted by Gasteiger charge is -2.62. The Morgan fingerprint density at radius 2 is 1.43 bits per heavy atom. The van der Waals surface area contributed by atoms with Crippen molar-refractivity contribution in [3.05, 3.63) is 71.8 Å². The molecular weight excluding hydrogens is 500 g/mol. The molecule has 0 heterocycles. The first-order valence-corrected chi connectivity index (χ1v) is 15.4. The van der Waals surface area contributed by atoms with Gasteiger partial charge in [-0.25, -0.2) is 9.59 Å². The van der Waals surface area contributed by atoms with E-state index in [1.165, 1.54) is 6.42 Å². The third-order valence-electron chi connectivity index (χ3n) is 12.1. The number of hydrogen-bond acceptors (Lipinski definition) is 5. The highest BCUT2D eigenvalue weighted by Gasteiger charge is 2.66. The summed E-state index contributed by atoms with van der Waals surface area (Å²) in [7, 11) is 0. The van der Waals surface area contributed by atoms with E-state index in [-0.39, 0.29) is 28.9 Å². The number of aliphatic hydroxyl groups is 1. The largest absolute Gasteiger partial charge is 0.459 e. The Bertz CT molecular complexity index is 1230. The maximum Gasteiger partial charge on any atom is 0.338 e. The van der Waals surface area contributed by atoms with Crippen molar-refractivity contribution in [2.24, 2.45) is 34.5 Å². The molecule has 1 N–H and O–H groups in total. The van der Waals surface area contributed by atoms with E-state index in [1.54, 1.807) is 12.1 Å². The molecule has 0 aromatic heterocycles. The van der Waals surface area contributed by atoms with Gasteiger partial charge in [0.25, 0.3) is 0 Å². The first-order valence-electron chi connectivity index (χ1n) is 15.4. The highest BCUT2D eigenvalue weighted by Crippen LogP contribution is 2.69. The maximum atomic E-state index is 12.9. The Hall–Kier alpha value is -2.66. The number of ether oxygens (including phenoxy) is 2. The zero-order valence-corrected chi connectivity index (χ0v) is 24.2. The van der Waals surface area contributed by atoms with Gasteiger partial charge in [0.15, 0.2) is 0 Å². The van der Waals surface area contributed by atoms with Gasteiger partial charge in [-0.05, 0) is 118 Å². The number of hydrogen-bond donors (Lipinski definition) is 1. The molecule has 9 atom stereocenters. The summed E-state index contributed by atoms with van der Waals surface area (Å²) < 4.78 is 11.9. The lowest BCUT2D eigenvalue weighted by atomic mass is 9.44. The molecular formula is C35H44O5. The summed E-state index contributed by atoms with van der Waals surface area (Å²) in [5.74, 6) is 1.63. The Labute approximate surface area is 238 Å². The molecule has 4 aliphatic rings. The molecule has 4 saturated carbocycles. The van der Waals surface area contributed by atoms with Crippen LogP contribution in [-0.4, -0.2) is 34.9 Å². The Morgan fingerprint density at radius 3 is 2.10 bits per heavy atom. The zero-order valence-electron chi connectivity index (χ0n) is 24.2. The average Bonchev–Trinajstić information content (AvgIpc) is 3.25. The Morgan fingerprint density at radius 1 is 0.800 bits per heavy atom. The Kier molecular flexibility index (Phi) is 7.09. The van der Waals surface area contributed by atoms with Crippen LogP contribution in [0.1, 0.15) is 99.3 Å². The minimum Gasteiger partial charge on any atom is -0.459 e. The van der Waals surface area contributed by atoms with Crippen LogP contribution in [0.25, 0.3) is 0 Å². The molecule has 0 aliphatic heterocycles. The standard InChI is InChI=1S/C35H44O5/c1-23(39-31(36)24-10-6-4-7-11-24)35(38)21-18-30-28-15-14-26-22-27(40-32(37)25-12-8-5-9-13-25)16-19-33(26,2)29(28)17-20-34(30,35)3/h4-13,23,26-30,38H,14-22H2,1-3H3/t23-,26-,27+,28+,29+,30+,33-,34-,35+/m0/s1. The van der Waals surface area contributed by atoms with E-state index in [9.17, 15) is 14.7 Å². The smallest absolute Gasteiger partial charge is 0.338 e. The van der Waals surface area contributed by atoms with Crippen LogP contribution in [0.2, 0.25) is 0 Å². The molecule has 2 aromatic carbocycles. The minimum atomic E-state index is -1.02. The van der Waals surface area contributed by atoms with Gasteiger partial charge in [0, 0.05) is 5.41 Å². The van der Waals surface area contributed by atoms with Crippen LogP contribution in [0.15, 0.2) is 60.7 Å². The van der Waals surface area contributed by atoms with Gasteiger partial charge in [0.2, 0.25) is 0 Å². The number of carbonyl (C=O) groups excluding carboxylic acids is 2. The van der Waals surface area contributed by atoms with Gasteiger partial charge in [-0.3, -0.25) is 0 Å². The van der Waals surface area contributed by atoms with Gasteiger partial charge in [0.1, 0.15) is 17.8 Å². The second-order valence-electron chi connectivity index (χ2n) is 13.7. The van der Waals surface area contributed by atoms with Crippen molar-refractivity contribution >= 4 is 11.9 Å². The van der Waals surface area contributed by atoms with Crippen molar-refractivity contribution in [3.63, 3.8) is 0 Å². The van der Waals surface area contributed by atoms with Crippen molar-refractivity contribution in [2.45, 2.75) is 96.4 Å². The summed E-state index contributed by atoms with van der Waals surface area (Å²) in [6, 6.07) is 18.4. The molecule has 0 radical (unpaired) electrons. The summed E-state index contributed by atoms with van der Waals surface area (Å²) in [4.78, 5) is 25.6. The molecule has 0 unspecified atom stereocenters. The van der Waals surface area contributed by atoms with Crippen LogP contribution in [0.4, 0.5) is 0 Å². The van der Waals surface area contributed by atoms with Crippen molar-refractivity contribution in [2.75, 3.05) is 0 Å². The van der Waals surface area contributed by atoms with Gasteiger partial charge in [-0.15, -0.1) is 0 Å². The molecule has 6 rings (SSSR count). The fourth-order valence-electron chi connectivity index (χ4n) is 9.74. The third-order valence-corrected chi connectivity index (χ3v) is 12.1. The molecule has 0 saturated heterocycles. The lowest BCUT2D eigenvalue weighted by molar-refractivity contribution is -0.187. The summed E-state index contributed by atoms with van der Waals surface area (Å²) >= 11 is 0. The van der Waals surface area contributed by atoms with Crippen LogP contribution >= 0.6 is 0 Å². The van der Waals surface area contributed by atoms with Crippen LogP contribution in [0, 0.1) is 34.5 Å². The molecule has 2 aromatic rings. The number of benzene rings is 2. The fourth-order valence-corrected chi connectivity index (χ4v) is 9.74. The van der Waals surface area contributed by atoms with Crippen LogP contribution in [-0.2, 0) is 9.47 Å². The van der Waals surface area contributed by atoms with Gasteiger partial charge >= 0.3 is 11.9 Å². The second kappa shape index (κ2) is 10.3. The molecule has 40 heavy (non-hydrogen) atoms. The number of carbonyl (C=O) groups is 2. The fraction of sp³-hybridized carbons (Fsp3) is 0.600. The summed E-state index contributed by atoms with van der Waals surface area (Å²) in [5.41, 5.74) is 0.109. The lowest BCUT2D eigenvalue weighted by Crippen LogP contribution is -2.60. The maximum absolute atomic E-state index is 12.9. The van der Waals surface area contributed by atoms with Crippen LogP contribution in [0.3, 0.4) is 0 Å². The molecule has 214 valence electrons. The van der Waals surface area contributed by atoms with E-state index >= 15 is 0 Å². The van der Waals surface area contributed by atoms with Gasteiger partial charge in [-0.2, -0.15) is 0 Å². The Balaban J connectivity index is 1.14. The molecule has 0 amide bonds. The highest BCUT2D eigenvalue weighted by atomic mass is 16.6. The van der Waals surface area contributed by atoms with E-state index in [0.717, 1.165) is 44.9 Å². The number of fused-ring (bicyclic) bond motifs is 5. The van der Waals surface area contributed by atoms with E-state index in [2.05, 4.69) is 13.8 Å². The second-order valence-corrected chi connectivity index (χ2v) is 13.7. The van der Waals surface area contributed by atoms with Crippen LogP contribution in [0.5, 0.6) is 0 Å². The normalized spacial score (nSPS) is 39.2. The summed E-state index contributed by atoms with van der Waals surface area (Å²) in [6.45, 7) is 6.65. The van der Waals surface area contributed by atoms with Crippen LogP contribution < -0.4 is 0 Å². The summed E-state index contributed by atoms with van der Waals surface area (Å²) in [6.07, 6.45) is 8.44. The van der Waals surface area contributed by atoms with Gasteiger partial charge in [0.05, 0.1) is 11.1 Å². The summed E-state index contributed by atoms with van der Waals surface area (Å²) in [5, 5.41) is 12.2. The number of rotatable bonds is 5. The highest BCUT2D eigenvalue weighted by molar-refractivity contribution is 5.89. The first-order chi connectivity index (χ1) is 19.2. The number of esters is 2. The molecule has 0 bridgehead atoms. The SMILES string of the molecule is C[C@H](OC(=O)c1ccccc1)[C@]1(O)CC[C@@H]2[C@@H]3CC[C@H]4C[C@H](OC(=O)c5ccccc5)CC[C@]4(C)[C@@H]3CC[C@@]21C. The first kappa shape index (κ1) is 27.5. The van der Waals surface area contributed by atoms with E-state index in [0.29, 0.717) is 41.2 Å². The molecule has 4 fully saturated rings. The van der Waals surface area contributed by atoms with Crippen molar-refractivity contribution in [1.82, 2.24) is 0 Å². The van der Waals surface area contributed by atoms with E-state index in [4.69, 9.17) is 9.47 Å². The predicted molar refractivity (Wildman–Crippen MR) is 154 cm³/mol. The molecule has 5 nitrogen and oxygen atoms in total. The van der Waals surface area contributed by atoms with Crippen molar-refractivity contribution in [1.29, 1.82) is 0 Å². The third kappa shape index (κ3) is 4.40. The van der Waals surface area contributed by atoms with E-state index < -0.39 is 11.7 Å². The van der Waals surface area contributed by atoms with Crippen molar-refractivity contribution in [3.8, 4) is 0 Å². The predicted octanol–water partition coefficient (Wildman–Crippen LogP) is 7.23. The molecule has 0 spiro atoms. The van der Waals surface area contributed by atoms with Gasteiger partial charge < -0.3 is 14.6 Å². The monoisotopic (exact) mass is 544 g/mol. The molecule has 5 heteroatoms. The zero-order chi connectivity index (χ0) is 28.1. The topological polar surface area (TPSA) is 72.8 Å². The van der Waals surface area contributed by atoms with E-state index in [1.807, 2.05) is 55.5 Å². The van der Waals surface area contributed by atoms with Crippen molar-refractivity contribution < 1.29 is 24.2 Å². The van der Waals surface area contributed by atoms with Gasteiger partial charge in [-0.1, -0.05) is 50.2 Å².